The molecule has 6 rings (SSSR count). The number of aryl methyl sites for hydroxylation is 1. The van der Waals surface area contributed by atoms with Crippen LogP contribution >= 0.6 is 0 Å². The molecule has 2 aromatic carbocycles. The summed E-state index contributed by atoms with van der Waals surface area (Å²) in [7, 11) is 3.46. The fourth-order valence-corrected chi connectivity index (χ4v) is 6.42. The Morgan fingerprint density at radius 2 is 1.72 bits per heavy atom. The number of carbonyl (C=O) groups excluding carboxylic acids is 2. The summed E-state index contributed by atoms with van der Waals surface area (Å²) in [5.41, 5.74) is 6.23. The van der Waals surface area contributed by atoms with E-state index in [0.29, 0.717) is 16.5 Å². The molecule has 7 nitrogen and oxygen atoms in total. The van der Waals surface area contributed by atoms with Crippen LogP contribution in [-0.4, -0.2) is 47.8 Å². The van der Waals surface area contributed by atoms with Gasteiger partial charge in [0.2, 0.25) is 0 Å². The van der Waals surface area contributed by atoms with Crippen molar-refractivity contribution in [3.05, 3.63) is 59.3 Å². The first-order valence-corrected chi connectivity index (χ1v) is 12.2. The zero-order valence-electron chi connectivity index (χ0n) is 20.7. The molecular formula is C29H29N3O4. The molecule has 7 heteroatoms. The Morgan fingerprint density at radius 3 is 2.39 bits per heavy atom. The van der Waals surface area contributed by atoms with Crippen molar-refractivity contribution in [2.45, 2.75) is 44.4 Å². The first-order chi connectivity index (χ1) is 17.4. The van der Waals surface area contributed by atoms with Crippen LogP contribution in [0, 0.1) is 6.92 Å². The highest BCUT2D eigenvalue weighted by Crippen LogP contribution is 2.46. The average molecular weight is 484 g/mol. The number of rotatable bonds is 5. The SMILES string of the molecule is C=Cc1[nH]c2c(c1C=C)c1c(c3c4cc(C)ccc4n(C4CCC(OC)C(OC)C4)c23)C(=O)NC1=O. The number of amides is 2. The highest BCUT2D eigenvalue weighted by Gasteiger charge is 2.38. The van der Waals surface area contributed by atoms with E-state index in [1.54, 1.807) is 26.4 Å². The number of nitrogens with one attached hydrogen (secondary N) is 2. The van der Waals surface area contributed by atoms with Gasteiger partial charge < -0.3 is 19.0 Å². The summed E-state index contributed by atoms with van der Waals surface area (Å²) >= 11 is 0. The second-order valence-corrected chi connectivity index (χ2v) is 9.77. The van der Waals surface area contributed by atoms with Gasteiger partial charge in [0.05, 0.1) is 34.4 Å². The highest BCUT2D eigenvalue weighted by molar-refractivity contribution is 6.37. The molecule has 1 saturated carbocycles. The molecule has 3 unspecified atom stereocenters. The number of hydrogen-bond donors (Lipinski definition) is 2. The topological polar surface area (TPSA) is 85.3 Å². The molecule has 0 spiro atoms. The van der Waals surface area contributed by atoms with E-state index in [2.05, 4.69) is 46.2 Å². The van der Waals surface area contributed by atoms with Crippen molar-refractivity contribution in [3.63, 3.8) is 0 Å². The Balaban J connectivity index is 1.81. The van der Waals surface area contributed by atoms with Crippen molar-refractivity contribution < 1.29 is 19.1 Å². The van der Waals surface area contributed by atoms with Crippen molar-refractivity contribution in [1.29, 1.82) is 0 Å². The summed E-state index contributed by atoms with van der Waals surface area (Å²) in [4.78, 5) is 29.9. The molecule has 2 N–H and O–H groups in total. The van der Waals surface area contributed by atoms with E-state index in [1.807, 2.05) is 6.92 Å². The largest absolute Gasteiger partial charge is 0.379 e. The van der Waals surface area contributed by atoms with Crippen molar-refractivity contribution in [3.8, 4) is 0 Å². The van der Waals surface area contributed by atoms with Gasteiger partial charge in [0.15, 0.2) is 0 Å². The summed E-state index contributed by atoms with van der Waals surface area (Å²) < 4.78 is 13.9. The Morgan fingerprint density at radius 1 is 1.00 bits per heavy atom. The van der Waals surface area contributed by atoms with E-state index in [9.17, 15) is 9.59 Å². The molecule has 3 atom stereocenters. The maximum Gasteiger partial charge on any atom is 0.259 e. The lowest BCUT2D eigenvalue weighted by Gasteiger charge is -2.35. The smallest absolute Gasteiger partial charge is 0.259 e. The standard InChI is InChI=1S/C29H29N3O4/c1-6-16-18(7-2)30-26-22(16)24-25(29(34)31-28(24)33)23-17-12-14(3)8-10-19(17)32(27(23)26)15-9-11-20(35-4)21(13-15)36-5/h6-8,10,12,15,20-21,30H,1-2,9,11,13H2,3-5H3,(H,31,33,34). The van der Waals surface area contributed by atoms with Crippen LogP contribution in [0.2, 0.25) is 0 Å². The number of carbonyl (C=O) groups is 2. The van der Waals surface area contributed by atoms with Gasteiger partial charge >= 0.3 is 0 Å². The Hall–Kier alpha value is -3.68. The van der Waals surface area contributed by atoms with Gasteiger partial charge in [-0.3, -0.25) is 14.9 Å². The number of imide groups is 1. The number of fused-ring (bicyclic) bond motifs is 8. The number of nitrogens with zero attached hydrogens (tertiary/aromatic N) is 1. The van der Waals surface area contributed by atoms with Crippen molar-refractivity contribution in [2.24, 2.45) is 0 Å². The van der Waals surface area contributed by atoms with Crippen LogP contribution in [0.4, 0.5) is 0 Å². The summed E-state index contributed by atoms with van der Waals surface area (Å²) in [5, 5.41) is 5.02. The lowest BCUT2D eigenvalue weighted by atomic mass is 9.89. The minimum atomic E-state index is -0.381. The van der Waals surface area contributed by atoms with Crippen LogP contribution in [0.15, 0.2) is 31.4 Å². The molecule has 1 aliphatic carbocycles. The second kappa shape index (κ2) is 8.18. The van der Waals surface area contributed by atoms with E-state index < -0.39 is 0 Å². The summed E-state index contributed by atoms with van der Waals surface area (Å²) in [5.74, 6) is -0.745. The summed E-state index contributed by atoms with van der Waals surface area (Å²) in [6.07, 6.45) is 5.98. The molecule has 1 aliphatic heterocycles. The second-order valence-electron chi connectivity index (χ2n) is 9.77. The first kappa shape index (κ1) is 22.8. The fraction of sp³-hybridized carbons (Fsp3) is 0.310. The number of H-pyrrole nitrogens is 1. The molecule has 36 heavy (non-hydrogen) atoms. The molecule has 2 aliphatic rings. The number of aromatic nitrogens is 2. The lowest BCUT2D eigenvalue weighted by Crippen LogP contribution is -2.37. The third-order valence-corrected chi connectivity index (χ3v) is 7.98. The maximum absolute atomic E-state index is 13.3. The van der Waals surface area contributed by atoms with Crippen LogP contribution in [0.1, 0.15) is 62.8 Å². The number of ether oxygens (including phenoxy) is 2. The number of methoxy groups -OCH3 is 2. The van der Waals surface area contributed by atoms with E-state index in [-0.39, 0.29) is 30.1 Å². The molecule has 0 saturated heterocycles. The molecule has 184 valence electrons. The quantitative estimate of drug-likeness (QED) is 0.367. The van der Waals surface area contributed by atoms with E-state index >= 15 is 0 Å². The van der Waals surface area contributed by atoms with E-state index in [1.165, 1.54) is 0 Å². The lowest BCUT2D eigenvalue weighted by molar-refractivity contribution is -0.0676. The Bertz CT molecular complexity index is 1620. The number of hydrogen-bond acceptors (Lipinski definition) is 4. The van der Waals surface area contributed by atoms with Gasteiger partial charge in [0.1, 0.15) is 0 Å². The maximum atomic E-state index is 13.3. The zero-order valence-corrected chi connectivity index (χ0v) is 20.7. The molecule has 2 amide bonds. The van der Waals surface area contributed by atoms with Crippen molar-refractivity contribution in [1.82, 2.24) is 14.9 Å². The number of aromatic amines is 1. The molecule has 3 heterocycles. The summed E-state index contributed by atoms with van der Waals surface area (Å²) in [6.45, 7) is 10.00. The van der Waals surface area contributed by atoms with Gasteiger partial charge in [-0.15, -0.1) is 0 Å². The fourth-order valence-electron chi connectivity index (χ4n) is 6.42. The monoisotopic (exact) mass is 483 g/mol. The molecule has 4 aromatic rings. The third-order valence-electron chi connectivity index (χ3n) is 7.98. The predicted octanol–water partition coefficient (Wildman–Crippen LogP) is 5.51. The van der Waals surface area contributed by atoms with Gasteiger partial charge in [0.25, 0.3) is 11.8 Å². The van der Waals surface area contributed by atoms with Gasteiger partial charge in [-0.1, -0.05) is 30.9 Å². The van der Waals surface area contributed by atoms with Gasteiger partial charge in [-0.25, -0.2) is 0 Å². The molecule has 0 radical (unpaired) electrons. The van der Waals surface area contributed by atoms with Crippen LogP contribution in [0.25, 0.3) is 44.9 Å². The minimum absolute atomic E-state index is 0.0412. The van der Waals surface area contributed by atoms with Gasteiger partial charge in [-0.05, 0) is 44.4 Å². The molecular weight excluding hydrogens is 454 g/mol. The Labute approximate surface area is 208 Å². The molecule has 2 aromatic heterocycles. The Kier molecular flexibility index (Phi) is 5.17. The van der Waals surface area contributed by atoms with Crippen LogP contribution in [0.3, 0.4) is 0 Å². The van der Waals surface area contributed by atoms with Gasteiger partial charge in [0, 0.05) is 53.2 Å². The van der Waals surface area contributed by atoms with Crippen molar-refractivity contribution >= 4 is 56.7 Å². The number of benzene rings is 2. The molecule has 0 bridgehead atoms. The first-order valence-electron chi connectivity index (χ1n) is 12.2. The van der Waals surface area contributed by atoms with Gasteiger partial charge in [-0.2, -0.15) is 0 Å². The van der Waals surface area contributed by atoms with Crippen molar-refractivity contribution in [2.75, 3.05) is 14.2 Å². The van der Waals surface area contributed by atoms with E-state index in [4.69, 9.17) is 9.47 Å². The molecule has 1 fully saturated rings. The van der Waals surface area contributed by atoms with E-state index in [0.717, 1.165) is 63.4 Å². The third kappa shape index (κ3) is 2.93. The normalized spacial score (nSPS) is 21.9. The predicted molar refractivity (Wildman–Crippen MR) is 142 cm³/mol. The highest BCUT2D eigenvalue weighted by atomic mass is 16.5. The summed E-state index contributed by atoms with van der Waals surface area (Å²) in [6, 6.07) is 6.44. The van der Waals surface area contributed by atoms with Crippen LogP contribution in [0.5, 0.6) is 0 Å². The average Bonchev–Trinajstić information content (AvgIpc) is 3.51. The zero-order chi connectivity index (χ0) is 25.3. The minimum Gasteiger partial charge on any atom is -0.379 e. The van der Waals surface area contributed by atoms with Crippen LogP contribution in [-0.2, 0) is 9.47 Å². The van der Waals surface area contributed by atoms with Crippen LogP contribution < -0.4 is 5.32 Å².